The average molecular weight is 200 g/mol. The molecule has 1 rings (SSSR count). The molecule has 6 N–H and O–H groups in total. The van der Waals surface area contributed by atoms with Crippen LogP contribution in [0.15, 0.2) is 0 Å². The Morgan fingerprint density at radius 1 is 1.29 bits per heavy atom. The number of anilines is 3. The molecule has 0 aliphatic heterocycles. The summed E-state index contributed by atoms with van der Waals surface area (Å²) in [5, 5.41) is 11.4. The topological polar surface area (TPSA) is 140 Å². The number of nitrogens with zero attached hydrogens (tertiary/aromatic N) is 3. The van der Waals surface area contributed by atoms with Crippen LogP contribution in [-0.2, 0) is 4.79 Å². The van der Waals surface area contributed by atoms with Crippen LogP contribution in [0.2, 0.25) is 0 Å². The van der Waals surface area contributed by atoms with Crippen molar-refractivity contribution >= 4 is 24.6 Å². The van der Waals surface area contributed by atoms with Crippen LogP contribution in [0.4, 0.5) is 17.8 Å². The standard InChI is InChI=1S/C5H10N6O.CH2O/c1-2(12)8-5-10-3(6)9-4(7)11-5;1-2/h2,12H,1H3,(H5,6,7,8,9,10,11);1H2. The molecular weight excluding hydrogens is 188 g/mol. The average Bonchev–Trinajstić information content (AvgIpc) is 2.04. The Morgan fingerprint density at radius 3 is 2.07 bits per heavy atom. The van der Waals surface area contributed by atoms with E-state index in [1.54, 1.807) is 0 Å². The SMILES string of the molecule is C=O.CC(O)Nc1nc(N)nc(N)n1. The predicted octanol–water partition coefficient (Wildman–Crippen LogP) is -1.40. The minimum Gasteiger partial charge on any atom is -0.374 e. The number of hydrogen-bond acceptors (Lipinski definition) is 8. The molecule has 0 aliphatic rings. The third-order valence-electron chi connectivity index (χ3n) is 1.01. The molecule has 8 nitrogen and oxygen atoms in total. The molecule has 1 heterocycles. The van der Waals surface area contributed by atoms with E-state index in [0.29, 0.717) is 0 Å². The van der Waals surface area contributed by atoms with Gasteiger partial charge in [-0.1, -0.05) is 0 Å². The summed E-state index contributed by atoms with van der Waals surface area (Å²) in [6.45, 7) is 3.52. The molecule has 0 fully saturated rings. The maximum atomic E-state index is 8.89. The van der Waals surface area contributed by atoms with Gasteiger partial charge in [-0.15, -0.1) is 0 Å². The van der Waals surface area contributed by atoms with Gasteiger partial charge in [-0.2, -0.15) is 15.0 Å². The minimum absolute atomic E-state index is 0.0191. The molecule has 0 amide bonds. The van der Waals surface area contributed by atoms with E-state index < -0.39 is 6.23 Å². The lowest BCUT2D eigenvalue weighted by molar-refractivity contribution is -0.0979. The van der Waals surface area contributed by atoms with E-state index >= 15 is 0 Å². The Hall–Kier alpha value is -1.96. The van der Waals surface area contributed by atoms with Crippen molar-refractivity contribution in [2.75, 3.05) is 16.8 Å². The van der Waals surface area contributed by atoms with E-state index in [9.17, 15) is 0 Å². The van der Waals surface area contributed by atoms with E-state index in [0.717, 1.165) is 0 Å². The summed E-state index contributed by atoms with van der Waals surface area (Å²) in [5.74, 6) is 0.200. The van der Waals surface area contributed by atoms with Crippen molar-refractivity contribution in [3.63, 3.8) is 0 Å². The summed E-state index contributed by atoms with van der Waals surface area (Å²) in [7, 11) is 0. The number of nitrogens with two attached hydrogens (primary N) is 2. The van der Waals surface area contributed by atoms with Crippen molar-refractivity contribution in [3.8, 4) is 0 Å². The second kappa shape index (κ2) is 5.65. The molecule has 0 aromatic carbocycles. The predicted molar refractivity (Wildman–Crippen MR) is 51.1 cm³/mol. The fraction of sp³-hybridized carbons (Fsp3) is 0.333. The minimum atomic E-state index is -0.758. The second-order valence-electron chi connectivity index (χ2n) is 2.20. The normalized spacial score (nSPS) is 11.0. The number of aliphatic hydroxyl groups is 1. The number of hydrogen-bond donors (Lipinski definition) is 4. The van der Waals surface area contributed by atoms with E-state index in [1.165, 1.54) is 6.92 Å². The lowest BCUT2D eigenvalue weighted by Crippen LogP contribution is -2.17. The number of aromatic nitrogens is 3. The molecule has 78 valence electrons. The quantitative estimate of drug-likeness (QED) is 0.427. The Labute approximate surface area is 80.4 Å². The number of nitrogens with one attached hydrogen (secondary N) is 1. The number of carbonyl (C=O) groups excluding carboxylic acids is 1. The molecule has 14 heavy (non-hydrogen) atoms. The monoisotopic (exact) mass is 200 g/mol. The van der Waals surface area contributed by atoms with E-state index in [4.69, 9.17) is 21.4 Å². The first-order chi connectivity index (χ1) is 6.58. The molecule has 0 saturated carbocycles. The summed E-state index contributed by atoms with van der Waals surface area (Å²) >= 11 is 0. The van der Waals surface area contributed by atoms with Crippen LogP contribution in [0.25, 0.3) is 0 Å². The maximum Gasteiger partial charge on any atom is 0.231 e. The zero-order valence-electron chi connectivity index (χ0n) is 7.64. The lowest BCUT2D eigenvalue weighted by Gasteiger charge is -2.06. The summed E-state index contributed by atoms with van der Waals surface area (Å²) in [4.78, 5) is 18.9. The molecule has 0 bridgehead atoms. The van der Waals surface area contributed by atoms with Gasteiger partial charge in [-0.05, 0) is 6.92 Å². The van der Waals surface area contributed by atoms with Crippen molar-refractivity contribution < 1.29 is 9.90 Å². The maximum absolute atomic E-state index is 8.89. The van der Waals surface area contributed by atoms with Crippen molar-refractivity contribution in [2.45, 2.75) is 13.2 Å². The summed E-state index contributed by atoms with van der Waals surface area (Å²) in [6, 6.07) is 0. The number of carbonyl (C=O) groups is 1. The first-order valence-electron chi connectivity index (χ1n) is 3.58. The molecule has 1 aromatic rings. The van der Waals surface area contributed by atoms with Gasteiger partial charge in [0.1, 0.15) is 13.0 Å². The van der Waals surface area contributed by atoms with Crippen LogP contribution in [0, 0.1) is 0 Å². The Balaban J connectivity index is 0.000000791. The van der Waals surface area contributed by atoms with Gasteiger partial charge in [0, 0.05) is 0 Å². The van der Waals surface area contributed by atoms with Gasteiger partial charge >= 0.3 is 0 Å². The number of rotatable bonds is 2. The highest BCUT2D eigenvalue weighted by molar-refractivity contribution is 5.37. The van der Waals surface area contributed by atoms with Gasteiger partial charge in [0.25, 0.3) is 0 Å². The lowest BCUT2D eigenvalue weighted by atomic mass is 10.6. The fourth-order valence-corrected chi connectivity index (χ4v) is 0.661. The van der Waals surface area contributed by atoms with E-state index in [2.05, 4.69) is 20.3 Å². The van der Waals surface area contributed by atoms with Crippen molar-refractivity contribution in [2.24, 2.45) is 0 Å². The summed E-state index contributed by atoms with van der Waals surface area (Å²) in [6.07, 6.45) is -0.758. The molecule has 0 spiro atoms. The van der Waals surface area contributed by atoms with Crippen LogP contribution in [0.1, 0.15) is 6.92 Å². The highest BCUT2D eigenvalue weighted by atomic mass is 16.3. The smallest absolute Gasteiger partial charge is 0.231 e. The number of nitrogen functional groups attached to an aromatic ring is 2. The van der Waals surface area contributed by atoms with Crippen LogP contribution in [-0.4, -0.2) is 33.1 Å². The Bertz CT molecular complexity index is 271. The number of aliphatic hydroxyl groups excluding tert-OH is 1. The Morgan fingerprint density at radius 2 is 1.71 bits per heavy atom. The van der Waals surface area contributed by atoms with Crippen molar-refractivity contribution in [1.29, 1.82) is 0 Å². The van der Waals surface area contributed by atoms with Crippen LogP contribution in [0.3, 0.4) is 0 Å². The molecule has 1 aromatic heterocycles. The summed E-state index contributed by atoms with van der Waals surface area (Å²) in [5.41, 5.74) is 10.5. The summed E-state index contributed by atoms with van der Waals surface area (Å²) < 4.78 is 0. The van der Waals surface area contributed by atoms with Gasteiger partial charge in [0.2, 0.25) is 17.8 Å². The largest absolute Gasteiger partial charge is 0.374 e. The fourth-order valence-electron chi connectivity index (χ4n) is 0.661. The van der Waals surface area contributed by atoms with E-state index in [1.807, 2.05) is 6.79 Å². The molecular formula is C6H12N6O2. The molecule has 1 unspecified atom stereocenters. The van der Waals surface area contributed by atoms with Gasteiger partial charge in [0.05, 0.1) is 0 Å². The molecule has 0 saturated heterocycles. The highest BCUT2D eigenvalue weighted by Gasteiger charge is 2.02. The zero-order chi connectivity index (χ0) is 11.1. The third-order valence-corrected chi connectivity index (χ3v) is 1.01. The molecule has 0 aliphatic carbocycles. The Kier molecular flexibility index (Phi) is 4.86. The molecule has 8 heteroatoms. The van der Waals surface area contributed by atoms with Gasteiger partial charge in [-0.25, -0.2) is 0 Å². The molecule has 0 radical (unpaired) electrons. The van der Waals surface area contributed by atoms with Gasteiger partial charge in [0.15, 0.2) is 0 Å². The third kappa shape index (κ3) is 4.16. The highest BCUT2D eigenvalue weighted by Crippen LogP contribution is 2.03. The first kappa shape index (κ1) is 12.0. The first-order valence-corrected chi connectivity index (χ1v) is 3.58. The molecule has 1 atom stereocenters. The van der Waals surface area contributed by atoms with Crippen LogP contribution < -0.4 is 16.8 Å². The zero-order valence-corrected chi connectivity index (χ0v) is 7.64. The van der Waals surface area contributed by atoms with Crippen molar-refractivity contribution in [1.82, 2.24) is 15.0 Å². The van der Waals surface area contributed by atoms with Gasteiger partial charge in [-0.3, -0.25) is 0 Å². The van der Waals surface area contributed by atoms with Crippen molar-refractivity contribution in [3.05, 3.63) is 0 Å². The second-order valence-corrected chi connectivity index (χ2v) is 2.20. The van der Waals surface area contributed by atoms with E-state index in [-0.39, 0.29) is 17.8 Å². The van der Waals surface area contributed by atoms with Crippen LogP contribution in [0.5, 0.6) is 0 Å². The van der Waals surface area contributed by atoms with Crippen LogP contribution >= 0.6 is 0 Å². The van der Waals surface area contributed by atoms with Gasteiger partial charge < -0.3 is 26.7 Å².